The Morgan fingerprint density at radius 2 is 1.38 bits per heavy atom. The van der Waals surface area contributed by atoms with Crippen LogP contribution in [0.2, 0.25) is 0 Å². The maximum absolute atomic E-state index is 13.8. The Hall–Kier alpha value is -2.28. The van der Waals surface area contributed by atoms with E-state index in [0.29, 0.717) is 6.42 Å². The maximum atomic E-state index is 13.8. The highest BCUT2D eigenvalue weighted by molar-refractivity contribution is 5.38. The van der Waals surface area contributed by atoms with Crippen LogP contribution in [-0.4, -0.2) is 6.18 Å². The van der Waals surface area contributed by atoms with Crippen molar-refractivity contribution in [1.29, 1.82) is 0 Å². The van der Waals surface area contributed by atoms with Crippen LogP contribution < -0.4 is 0 Å². The van der Waals surface area contributed by atoms with Crippen LogP contribution >= 0.6 is 0 Å². The lowest BCUT2D eigenvalue weighted by Gasteiger charge is -2.05. The van der Waals surface area contributed by atoms with E-state index in [9.17, 15) is 17.6 Å². The van der Waals surface area contributed by atoms with Crippen molar-refractivity contribution in [2.24, 2.45) is 0 Å². The van der Waals surface area contributed by atoms with E-state index in [1.54, 1.807) is 6.07 Å². The number of halogens is 4. The molecule has 0 bridgehead atoms. The number of hydrogen-bond acceptors (Lipinski definition) is 0. The molecule has 2 aromatic carbocycles. The average molecular weight is 334 g/mol. The second-order valence-corrected chi connectivity index (χ2v) is 5.63. The Morgan fingerprint density at radius 1 is 0.833 bits per heavy atom. The van der Waals surface area contributed by atoms with Gasteiger partial charge in [0.2, 0.25) is 0 Å². The molecule has 0 aliphatic rings. The minimum absolute atomic E-state index is 0.236. The molecule has 126 valence electrons. The molecule has 4 heteroatoms. The van der Waals surface area contributed by atoms with Crippen LogP contribution in [-0.2, 0) is 19.3 Å². The summed E-state index contributed by atoms with van der Waals surface area (Å²) in [7, 11) is 0. The molecular weight excluding hydrogens is 316 g/mol. The molecule has 0 spiro atoms. The molecule has 0 fully saturated rings. The highest BCUT2D eigenvalue weighted by atomic mass is 19.4. The molecule has 0 aliphatic heterocycles. The van der Waals surface area contributed by atoms with Crippen LogP contribution in [0.15, 0.2) is 42.5 Å². The van der Waals surface area contributed by atoms with E-state index in [0.717, 1.165) is 36.3 Å². The fourth-order valence-corrected chi connectivity index (χ4v) is 2.40. The zero-order valence-electron chi connectivity index (χ0n) is 13.4. The molecule has 0 atom stereocenters. The van der Waals surface area contributed by atoms with Crippen molar-refractivity contribution in [2.45, 2.75) is 38.8 Å². The zero-order chi connectivity index (χ0) is 17.6. The van der Waals surface area contributed by atoms with E-state index >= 15 is 0 Å². The summed E-state index contributed by atoms with van der Waals surface area (Å²) in [4.78, 5) is 0. The molecule has 0 saturated carbocycles. The predicted molar refractivity (Wildman–Crippen MR) is 87.2 cm³/mol. The molecule has 0 amide bonds. The minimum atomic E-state index is -4.62. The Kier molecular flexibility index (Phi) is 6.03. The summed E-state index contributed by atoms with van der Waals surface area (Å²) >= 11 is 0. The summed E-state index contributed by atoms with van der Waals surface area (Å²) < 4.78 is 49.9. The van der Waals surface area contributed by atoms with Gasteiger partial charge in [0.05, 0.1) is 5.56 Å². The smallest absolute Gasteiger partial charge is 0.206 e. The van der Waals surface area contributed by atoms with Crippen molar-refractivity contribution in [3.05, 3.63) is 70.5 Å². The average Bonchev–Trinajstić information content (AvgIpc) is 2.53. The first-order chi connectivity index (χ1) is 11.4. The van der Waals surface area contributed by atoms with Gasteiger partial charge in [-0.05, 0) is 48.1 Å². The summed E-state index contributed by atoms with van der Waals surface area (Å²) in [5, 5.41) is 0. The normalized spacial score (nSPS) is 11.0. The third-order valence-corrected chi connectivity index (χ3v) is 3.64. The van der Waals surface area contributed by atoms with Gasteiger partial charge in [0.25, 0.3) is 0 Å². The van der Waals surface area contributed by atoms with Crippen LogP contribution in [0.4, 0.5) is 17.6 Å². The molecule has 0 radical (unpaired) electrons. The van der Waals surface area contributed by atoms with Crippen LogP contribution in [0, 0.1) is 17.7 Å². The van der Waals surface area contributed by atoms with E-state index < -0.39 is 12.0 Å². The number of aryl methyl sites for hydroxylation is 3. The van der Waals surface area contributed by atoms with Crippen molar-refractivity contribution < 1.29 is 17.6 Å². The van der Waals surface area contributed by atoms with E-state index in [1.165, 1.54) is 17.7 Å². The molecular formula is C20H18F4. The van der Waals surface area contributed by atoms with Crippen molar-refractivity contribution >= 4 is 0 Å². The summed E-state index contributed by atoms with van der Waals surface area (Å²) in [5.74, 6) is 2.18. The maximum Gasteiger partial charge on any atom is 0.458 e. The molecule has 24 heavy (non-hydrogen) atoms. The minimum Gasteiger partial charge on any atom is -0.206 e. The number of alkyl halides is 3. The fraction of sp³-hybridized carbons (Fsp3) is 0.300. The number of rotatable bonds is 5. The van der Waals surface area contributed by atoms with E-state index in [4.69, 9.17) is 0 Å². The fourth-order valence-electron chi connectivity index (χ4n) is 2.40. The van der Waals surface area contributed by atoms with Gasteiger partial charge in [0.15, 0.2) is 0 Å². The third-order valence-electron chi connectivity index (χ3n) is 3.64. The summed E-state index contributed by atoms with van der Waals surface area (Å²) in [6, 6.07) is 12.5. The third kappa shape index (κ3) is 5.73. The molecule has 0 nitrogen and oxygen atoms in total. The Balaban J connectivity index is 2.00. The summed E-state index contributed by atoms with van der Waals surface area (Å²) in [6.45, 7) is 2.13. The summed E-state index contributed by atoms with van der Waals surface area (Å²) in [6.07, 6.45) is -1.10. The number of hydrogen-bond donors (Lipinski definition) is 0. The number of benzene rings is 2. The van der Waals surface area contributed by atoms with Crippen molar-refractivity contribution in [3.63, 3.8) is 0 Å². The molecule has 0 heterocycles. The van der Waals surface area contributed by atoms with Gasteiger partial charge < -0.3 is 0 Å². The van der Waals surface area contributed by atoms with Crippen LogP contribution in [0.3, 0.4) is 0 Å². The Bertz CT molecular complexity index is 731. The van der Waals surface area contributed by atoms with Crippen LogP contribution in [0.1, 0.15) is 35.6 Å². The monoisotopic (exact) mass is 334 g/mol. The molecule has 0 unspecified atom stereocenters. The highest BCUT2D eigenvalue weighted by Crippen LogP contribution is 2.16. The molecule has 2 rings (SSSR count). The van der Waals surface area contributed by atoms with Gasteiger partial charge in [0, 0.05) is 5.92 Å². The Morgan fingerprint density at radius 3 is 1.92 bits per heavy atom. The van der Waals surface area contributed by atoms with Crippen molar-refractivity contribution in [3.8, 4) is 11.8 Å². The Labute approximate surface area is 139 Å². The quantitative estimate of drug-likeness (QED) is 0.502. The topological polar surface area (TPSA) is 0 Å². The summed E-state index contributed by atoms with van der Waals surface area (Å²) in [5.41, 5.74) is 2.94. The highest BCUT2D eigenvalue weighted by Gasteiger charge is 2.23. The molecule has 0 aromatic heterocycles. The van der Waals surface area contributed by atoms with E-state index in [1.807, 2.05) is 5.92 Å². The van der Waals surface area contributed by atoms with Gasteiger partial charge in [-0.2, -0.15) is 13.2 Å². The largest absolute Gasteiger partial charge is 0.458 e. The lowest BCUT2D eigenvalue weighted by Crippen LogP contribution is -2.02. The molecule has 0 N–H and O–H groups in total. The lowest BCUT2D eigenvalue weighted by molar-refractivity contribution is -0.0696. The molecule has 2 aromatic rings. The SMILES string of the molecule is CCCc1ccc(CCc2ccc(C#CC(F)(F)F)c(F)c2)cc1. The first kappa shape index (κ1) is 18.1. The lowest BCUT2D eigenvalue weighted by atomic mass is 10.0. The predicted octanol–water partition coefficient (Wildman–Crippen LogP) is 5.48. The molecule has 0 aliphatic carbocycles. The first-order valence-corrected chi connectivity index (χ1v) is 7.83. The zero-order valence-corrected chi connectivity index (χ0v) is 13.4. The second kappa shape index (κ2) is 8.01. The standard InChI is InChI=1S/C20H18F4/c1-2-3-15-4-6-16(7-5-15)8-9-17-10-11-18(19(21)14-17)12-13-20(22,23)24/h4-7,10-11,14H,2-3,8-9H2,1H3. The van der Waals surface area contributed by atoms with Gasteiger partial charge in [-0.1, -0.05) is 49.6 Å². The molecule has 0 saturated heterocycles. The second-order valence-electron chi connectivity index (χ2n) is 5.63. The van der Waals surface area contributed by atoms with Gasteiger partial charge >= 0.3 is 6.18 Å². The van der Waals surface area contributed by atoms with Gasteiger partial charge in [0.1, 0.15) is 5.82 Å². The van der Waals surface area contributed by atoms with Crippen LogP contribution in [0.5, 0.6) is 0 Å². The van der Waals surface area contributed by atoms with Crippen molar-refractivity contribution in [1.82, 2.24) is 0 Å². The van der Waals surface area contributed by atoms with E-state index in [2.05, 4.69) is 31.2 Å². The first-order valence-electron chi connectivity index (χ1n) is 7.83. The van der Waals surface area contributed by atoms with Crippen LogP contribution in [0.25, 0.3) is 0 Å². The van der Waals surface area contributed by atoms with Gasteiger partial charge in [-0.3, -0.25) is 0 Å². The van der Waals surface area contributed by atoms with Crippen molar-refractivity contribution in [2.75, 3.05) is 0 Å². The van der Waals surface area contributed by atoms with E-state index in [-0.39, 0.29) is 5.56 Å². The van der Waals surface area contributed by atoms with Gasteiger partial charge in [-0.25, -0.2) is 4.39 Å². The van der Waals surface area contributed by atoms with Gasteiger partial charge in [-0.15, -0.1) is 0 Å².